The van der Waals surface area contributed by atoms with Gasteiger partial charge in [-0.05, 0) is 79.3 Å². The number of aliphatic hydroxyl groups excluding tert-OH is 1. The van der Waals surface area contributed by atoms with E-state index in [1.807, 2.05) is 39.0 Å². The largest absolute Gasteiger partial charge is 0.507 e. The van der Waals surface area contributed by atoms with Crippen molar-refractivity contribution in [3.63, 3.8) is 0 Å². The Morgan fingerprint density at radius 1 is 1.00 bits per heavy atom. The Morgan fingerprint density at radius 2 is 1.72 bits per heavy atom. The van der Waals surface area contributed by atoms with Crippen LogP contribution in [0.15, 0.2) is 66.5 Å². The number of rotatable bonds is 7. The standard InChI is InChI=1S/C30H32N2O4/c1-18(2)17-36-25-9-8-23(15-21(25)5)28(33)26-27(22-10-12-31-13-11-22)32(30(35)29(26)34)16-24-14-19(3)6-7-20(24)4/h6-15,18,27,33H,16-17H2,1-5H3/b28-26-. The second-order valence-corrected chi connectivity index (χ2v) is 9.82. The summed E-state index contributed by atoms with van der Waals surface area (Å²) in [5.74, 6) is -0.422. The molecule has 3 aromatic rings. The van der Waals surface area contributed by atoms with Gasteiger partial charge in [-0.25, -0.2) is 0 Å². The molecule has 1 aliphatic rings. The maximum atomic E-state index is 13.3. The summed E-state index contributed by atoms with van der Waals surface area (Å²) in [5, 5.41) is 11.4. The molecule has 1 unspecified atom stereocenters. The van der Waals surface area contributed by atoms with Crippen LogP contribution in [0.3, 0.4) is 0 Å². The van der Waals surface area contributed by atoms with E-state index in [2.05, 4.69) is 18.8 Å². The van der Waals surface area contributed by atoms with Crippen molar-refractivity contribution in [2.24, 2.45) is 5.92 Å². The van der Waals surface area contributed by atoms with Gasteiger partial charge in [0.05, 0.1) is 18.2 Å². The third-order valence-electron chi connectivity index (χ3n) is 6.43. The summed E-state index contributed by atoms with van der Waals surface area (Å²) < 4.78 is 5.86. The molecule has 4 rings (SSSR count). The summed E-state index contributed by atoms with van der Waals surface area (Å²) in [5.41, 5.74) is 5.15. The van der Waals surface area contributed by atoms with Crippen LogP contribution in [-0.2, 0) is 16.1 Å². The number of carbonyl (C=O) groups is 2. The Kier molecular flexibility index (Phi) is 7.25. The smallest absolute Gasteiger partial charge is 0.295 e. The van der Waals surface area contributed by atoms with Crippen LogP contribution >= 0.6 is 0 Å². The molecule has 1 saturated heterocycles. The fraction of sp³-hybridized carbons (Fsp3) is 0.300. The van der Waals surface area contributed by atoms with Crippen LogP contribution in [0.25, 0.3) is 5.76 Å². The minimum Gasteiger partial charge on any atom is -0.507 e. The van der Waals surface area contributed by atoms with Crippen LogP contribution in [0.4, 0.5) is 0 Å². The molecule has 1 aliphatic heterocycles. The molecule has 1 N–H and O–H groups in total. The number of carbonyl (C=O) groups excluding carboxylic acids is 2. The van der Waals surface area contributed by atoms with Crippen molar-refractivity contribution in [1.29, 1.82) is 0 Å². The van der Waals surface area contributed by atoms with Gasteiger partial charge < -0.3 is 14.7 Å². The summed E-state index contributed by atoms with van der Waals surface area (Å²) in [4.78, 5) is 32.3. The van der Waals surface area contributed by atoms with Crippen LogP contribution in [-0.4, -0.2) is 33.3 Å². The highest BCUT2D eigenvalue weighted by molar-refractivity contribution is 6.46. The van der Waals surface area contributed by atoms with Gasteiger partial charge in [0.1, 0.15) is 11.5 Å². The number of Topliss-reactive ketones (excluding diaryl/α,β-unsaturated/α-hetero) is 1. The Bertz CT molecular complexity index is 1330. The first-order valence-corrected chi connectivity index (χ1v) is 12.2. The van der Waals surface area contributed by atoms with Crippen LogP contribution in [0, 0.1) is 26.7 Å². The highest BCUT2D eigenvalue weighted by Crippen LogP contribution is 2.40. The maximum absolute atomic E-state index is 13.3. The molecule has 0 radical (unpaired) electrons. The predicted octanol–water partition coefficient (Wildman–Crippen LogP) is 5.66. The lowest BCUT2D eigenvalue weighted by molar-refractivity contribution is -0.140. The second-order valence-electron chi connectivity index (χ2n) is 9.82. The number of likely N-dealkylation sites (tertiary alicyclic amines) is 1. The molecule has 6 heteroatoms. The SMILES string of the molecule is Cc1ccc(C)c(CN2C(=O)C(=O)/C(=C(\O)c3ccc(OCC(C)C)c(C)c3)C2c2ccncc2)c1. The van der Waals surface area contributed by atoms with Crippen molar-refractivity contribution in [2.75, 3.05) is 6.61 Å². The number of aromatic nitrogens is 1. The Hall–Kier alpha value is -3.93. The van der Waals surface area contributed by atoms with Gasteiger partial charge in [0, 0.05) is 24.5 Å². The van der Waals surface area contributed by atoms with Crippen molar-refractivity contribution < 1.29 is 19.4 Å². The van der Waals surface area contributed by atoms with Gasteiger partial charge in [0.2, 0.25) is 0 Å². The number of ether oxygens (including phenoxy) is 1. The fourth-order valence-electron chi connectivity index (χ4n) is 4.46. The molecule has 36 heavy (non-hydrogen) atoms. The number of pyridine rings is 1. The molecule has 0 bridgehead atoms. The summed E-state index contributed by atoms with van der Waals surface area (Å²) in [7, 11) is 0. The minimum atomic E-state index is -0.731. The molecule has 1 fully saturated rings. The number of nitrogens with zero attached hydrogens (tertiary/aromatic N) is 2. The molecule has 1 amide bonds. The van der Waals surface area contributed by atoms with Crippen LogP contribution in [0.1, 0.15) is 53.3 Å². The lowest BCUT2D eigenvalue weighted by Crippen LogP contribution is -2.29. The molecule has 2 heterocycles. The summed E-state index contributed by atoms with van der Waals surface area (Å²) in [6.45, 7) is 10.9. The molecule has 186 valence electrons. The summed E-state index contributed by atoms with van der Waals surface area (Å²) in [6.07, 6.45) is 3.25. The average Bonchev–Trinajstić information content (AvgIpc) is 3.10. The first-order chi connectivity index (χ1) is 17.2. The van der Waals surface area contributed by atoms with E-state index in [1.54, 1.807) is 42.7 Å². The molecule has 0 saturated carbocycles. The van der Waals surface area contributed by atoms with E-state index in [9.17, 15) is 14.7 Å². The maximum Gasteiger partial charge on any atom is 0.295 e. The average molecular weight is 485 g/mol. The third kappa shape index (κ3) is 5.03. The second kappa shape index (κ2) is 10.4. The molecule has 6 nitrogen and oxygen atoms in total. The zero-order chi connectivity index (χ0) is 26.0. The summed E-state index contributed by atoms with van der Waals surface area (Å²) >= 11 is 0. The Labute approximate surface area is 212 Å². The first-order valence-electron chi connectivity index (χ1n) is 12.2. The van der Waals surface area contributed by atoms with Gasteiger partial charge in [-0.3, -0.25) is 14.6 Å². The number of benzene rings is 2. The topological polar surface area (TPSA) is 79.7 Å². The van der Waals surface area contributed by atoms with Gasteiger partial charge in [0.25, 0.3) is 11.7 Å². The highest BCUT2D eigenvalue weighted by Gasteiger charge is 2.46. The summed E-state index contributed by atoms with van der Waals surface area (Å²) in [6, 6.07) is 14.2. The van der Waals surface area contributed by atoms with Gasteiger partial charge in [-0.15, -0.1) is 0 Å². The van der Waals surface area contributed by atoms with Crippen LogP contribution in [0.2, 0.25) is 0 Å². The fourth-order valence-corrected chi connectivity index (χ4v) is 4.46. The first kappa shape index (κ1) is 25.2. The van der Waals surface area contributed by atoms with E-state index in [0.717, 1.165) is 28.0 Å². The molecule has 2 aromatic carbocycles. The van der Waals surface area contributed by atoms with E-state index >= 15 is 0 Å². The van der Waals surface area contributed by atoms with E-state index in [0.29, 0.717) is 23.7 Å². The Balaban J connectivity index is 1.79. The lowest BCUT2D eigenvalue weighted by Gasteiger charge is -2.26. The zero-order valence-corrected chi connectivity index (χ0v) is 21.4. The number of ketones is 1. The number of amides is 1. The van der Waals surface area contributed by atoms with Gasteiger partial charge in [-0.1, -0.05) is 37.6 Å². The number of aryl methyl sites for hydroxylation is 3. The van der Waals surface area contributed by atoms with Crippen molar-refractivity contribution in [1.82, 2.24) is 9.88 Å². The molecular formula is C30H32N2O4. The van der Waals surface area contributed by atoms with Gasteiger partial charge in [0.15, 0.2) is 0 Å². The monoisotopic (exact) mass is 484 g/mol. The van der Waals surface area contributed by atoms with E-state index < -0.39 is 17.7 Å². The van der Waals surface area contributed by atoms with Crippen molar-refractivity contribution in [3.05, 3.63) is 99.9 Å². The van der Waals surface area contributed by atoms with E-state index in [1.165, 1.54) is 4.90 Å². The van der Waals surface area contributed by atoms with Crippen molar-refractivity contribution >= 4 is 17.4 Å². The van der Waals surface area contributed by atoms with Gasteiger partial charge >= 0.3 is 0 Å². The molecule has 0 spiro atoms. The minimum absolute atomic E-state index is 0.0757. The Morgan fingerprint density at radius 3 is 2.39 bits per heavy atom. The number of aliphatic hydroxyl groups is 1. The molecule has 1 atom stereocenters. The quantitative estimate of drug-likeness (QED) is 0.266. The molecule has 0 aliphatic carbocycles. The molecular weight excluding hydrogens is 452 g/mol. The molecule has 1 aromatic heterocycles. The van der Waals surface area contributed by atoms with Crippen LogP contribution in [0.5, 0.6) is 5.75 Å². The zero-order valence-electron chi connectivity index (χ0n) is 21.4. The lowest BCUT2D eigenvalue weighted by atomic mass is 9.95. The van der Waals surface area contributed by atoms with E-state index in [-0.39, 0.29) is 17.9 Å². The normalized spacial score (nSPS) is 17.2. The number of hydrogen-bond acceptors (Lipinski definition) is 5. The highest BCUT2D eigenvalue weighted by atomic mass is 16.5. The number of hydrogen-bond donors (Lipinski definition) is 1. The van der Waals surface area contributed by atoms with Crippen molar-refractivity contribution in [2.45, 2.75) is 47.2 Å². The van der Waals surface area contributed by atoms with Gasteiger partial charge in [-0.2, -0.15) is 0 Å². The third-order valence-corrected chi connectivity index (χ3v) is 6.43. The van der Waals surface area contributed by atoms with Crippen molar-refractivity contribution in [3.8, 4) is 5.75 Å². The van der Waals surface area contributed by atoms with E-state index in [4.69, 9.17) is 4.74 Å². The predicted molar refractivity (Wildman–Crippen MR) is 140 cm³/mol. The van der Waals surface area contributed by atoms with Crippen LogP contribution < -0.4 is 4.74 Å².